The number of hydrogen-bond donors (Lipinski definition) is 1. The van der Waals surface area contributed by atoms with Crippen LogP contribution in [0, 0.1) is 0 Å². The molecule has 19 heavy (non-hydrogen) atoms. The molecule has 1 aromatic carbocycles. The lowest BCUT2D eigenvalue weighted by molar-refractivity contribution is 0.602. The van der Waals surface area contributed by atoms with Crippen molar-refractivity contribution < 1.29 is 8.42 Å². The van der Waals surface area contributed by atoms with Gasteiger partial charge in [-0.1, -0.05) is 11.8 Å². The van der Waals surface area contributed by atoms with Crippen LogP contribution < -0.4 is 5.32 Å². The number of sulfone groups is 1. The van der Waals surface area contributed by atoms with E-state index in [1.807, 2.05) is 0 Å². The van der Waals surface area contributed by atoms with Crippen molar-refractivity contribution >= 4 is 27.4 Å². The molecule has 100 valence electrons. The summed E-state index contributed by atoms with van der Waals surface area (Å²) in [5.74, 6) is 0.692. The molecule has 0 amide bonds. The van der Waals surface area contributed by atoms with E-state index in [0.717, 1.165) is 9.92 Å². The first-order chi connectivity index (χ1) is 8.99. The van der Waals surface area contributed by atoms with E-state index in [1.165, 1.54) is 18.0 Å². The van der Waals surface area contributed by atoms with Crippen molar-refractivity contribution in [2.45, 2.75) is 14.8 Å². The van der Waals surface area contributed by atoms with Gasteiger partial charge in [0, 0.05) is 18.2 Å². The van der Waals surface area contributed by atoms with Gasteiger partial charge in [-0.15, -0.1) is 0 Å². The molecule has 0 spiro atoms. The van der Waals surface area contributed by atoms with Crippen molar-refractivity contribution in [1.29, 1.82) is 0 Å². The molecule has 2 rings (SSSR count). The van der Waals surface area contributed by atoms with E-state index in [-0.39, 0.29) is 0 Å². The molecule has 2 aromatic rings. The quantitative estimate of drug-likeness (QED) is 0.931. The van der Waals surface area contributed by atoms with E-state index >= 15 is 0 Å². The summed E-state index contributed by atoms with van der Waals surface area (Å²) in [5.41, 5.74) is 0. The lowest BCUT2D eigenvalue weighted by Crippen LogP contribution is -1.96. The molecular formula is C12H13N3O2S2. The molecule has 5 nitrogen and oxygen atoms in total. The zero-order valence-electron chi connectivity index (χ0n) is 10.5. The topological polar surface area (TPSA) is 72.0 Å². The number of nitrogens with zero attached hydrogens (tertiary/aromatic N) is 2. The van der Waals surface area contributed by atoms with Crippen LogP contribution in [0.2, 0.25) is 0 Å². The second kappa shape index (κ2) is 5.58. The number of benzene rings is 1. The number of nitrogens with one attached hydrogen (secondary N) is 1. The van der Waals surface area contributed by atoms with Gasteiger partial charge in [-0.25, -0.2) is 13.4 Å². The van der Waals surface area contributed by atoms with Crippen LogP contribution in [-0.2, 0) is 9.84 Å². The molecular weight excluding hydrogens is 282 g/mol. The molecule has 0 unspecified atom stereocenters. The molecule has 0 aliphatic heterocycles. The standard InChI is InChI=1S/C12H13N3O2S2/c1-13-11-7-14-8-12(15-11)18-9-3-5-10(6-4-9)19(2,16)17/h3-8H,1-2H3,(H,13,15). The highest BCUT2D eigenvalue weighted by Gasteiger charge is 2.07. The van der Waals surface area contributed by atoms with E-state index in [9.17, 15) is 8.42 Å². The third-order valence-corrected chi connectivity index (χ3v) is 4.39. The Morgan fingerprint density at radius 1 is 1.16 bits per heavy atom. The molecule has 0 saturated heterocycles. The summed E-state index contributed by atoms with van der Waals surface area (Å²) in [6.07, 6.45) is 4.49. The summed E-state index contributed by atoms with van der Waals surface area (Å²) in [6, 6.07) is 6.70. The van der Waals surface area contributed by atoms with Crippen LogP contribution >= 0.6 is 11.8 Å². The number of anilines is 1. The first kappa shape index (κ1) is 13.8. The van der Waals surface area contributed by atoms with E-state index in [2.05, 4.69) is 15.3 Å². The molecule has 1 aromatic heterocycles. The Bertz CT molecular complexity index is 670. The van der Waals surface area contributed by atoms with Crippen molar-refractivity contribution in [3.8, 4) is 0 Å². The summed E-state index contributed by atoms with van der Waals surface area (Å²) in [5, 5.41) is 3.66. The largest absolute Gasteiger partial charge is 0.372 e. The first-order valence-corrected chi connectivity index (χ1v) is 8.17. The average Bonchev–Trinajstić information content (AvgIpc) is 2.38. The van der Waals surface area contributed by atoms with Gasteiger partial charge in [0.25, 0.3) is 0 Å². The number of rotatable bonds is 4. The van der Waals surface area contributed by atoms with Gasteiger partial charge in [0.15, 0.2) is 9.84 Å². The highest BCUT2D eigenvalue weighted by molar-refractivity contribution is 7.99. The monoisotopic (exact) mass is 295 g/mol. The van der Waals surface area contributed by atoms with Gasteiger partial charge >= 0.3 is 0 Å². The number of aromatic nitrogens is 2. The first-order valence-electron chi connectivity index (χ1n) is 5.47. The smallest absolute Gasteiger partial charge is 0.175 e. The molecule has 0 saturated carbocycles. The van der Waals surface area contributed by atoms with Crippen LogP contribution in [0.4, 0.5) is 5.82 Å². The van der Waals surface area contributed by atoms with Crippen LogP contribution in [-0.4, -0.2) is 31.7 Å². The van der Waals surface area contributed by atoms with Crippen molar-refractivity contribution in [3.63, 3.8) is 0 Å². The molecule has 1 heterocycles. The molecule has 7 heteroatoms. The third-order valence-electron chi connectivity index (χ3n) is 2.34. The Labute approximate surface area is 116 Å². The summed E-state index contributed by atoms with van der Waals surface area (Å²) in [6.45, 7) is 0. The van der Waals surface area contributed by atoms with Crippen LogP contribution in [0.1, 0.15) is 0 Å². The van der Waals surface area contributed by atoms with Crippen LogP contribution in [0.25, 0.3) is 0 Å². The fourth-order valence-electron chi connectivity index (χ4n) is 1.39. The Morgan fingerprint density at radius 3 is 2.42 bits per heavy atom. The second-order valence-corrected chi connectivity index (χ2v) is 6.95. The summed E-state index contributed by atoms with van der Waals surface area (Å²) >= 11 is 1.43. The van der Waals surface area contributed by atoms with Crippen LogP contribution in [0.15, 0.2) is 51.5 Å². The van der Waals surface area contributed by atoms with Crippen molar-refractivity contribution in [3.05, 3.63) is 36.7 Å². The van der Waals surface area contributed by atoms with Gasteiger partial charge in [-0.05, 0) is 24.3 Å². The predicted molar refractivity (Wildman–Crippen MR) is 75.3 cm³/mol. The van der Waals surface area contributed by atoms with E-state index in [1.54, 1.807) is 43.7 Å². The average molecular weight is 295 g/mol. The van der Waals surface area contributed by atoms with Gasteiger partial charge in [0.2, 0.25) is 0 Å². The zero-order valence-corrected chi connectivity index (χ0v) is 12.1. The molecule has 0 fully saturated rings. The lowest BCUT2D eigenvalue weighted by atomic mass is 10.4. The van der Waals surface area contributed by atoms with E-state index < -0.39 is 9.84 Å². The lowest BCUT2D eigenvalue weighted by Gasteiger charge is -2.04. The molecule has 0 atom stereocenters. The fourth-order valence-corrected chi connectivity index (χ4v) is 2.80. The molecule has 0 bridgehead atoms. The van der Waals surface area contributed by atoms with Crippen LogP contribution in [0.5, 0.6) is 0 Å². The van der Waals surface area contributed by atoms with Gasteiger partial charge in [-0.2, -0.15) is 0 Å². The summed E-state index contributed by atoms with van der Waals surface area (Å²) < 4.78 is 22.7. The minimum atomic E-state index is -3.15. The predicted octanol–water partition coefficient (Wildman–Crippen LogP) is 2.07. The summed E-state index contributed by atoms with van der Waals surface area (Å²) in [7, 11) is -1.37. The highest BCUT2D eigenvalue weighted by atomic mass is 32.2. The molecule has 0 aliphatic rings. The Balaban J connectivity index is 2.19. The maximum atomic E-state index is 11.3. The maximum absolute atomic E-state index is 11.3. The van der Waals surface area contributed by atoms with Gasteiger partial charge in [-0.3, -0.25) is 4.98 Å². The van der Waals surface area contributed by atoms with Gasteiger partial charge in [0.1, 0.15) is 10.8 Å². The van der Waals surface area contributed by atoms with E-state index in [0.29, 0.717) is 10.7 Å². The van der Waals surface area contributed by atoms with Crippen molar-refractivity contribution in [2.24, 2.45) is 0 Å². The number of hydrogen-bond acceptors (Lipinski definition) is 6. The van der Waals surface area contributed by atoms with Crippen molar-refractivity contribution in [2.75, 3.05) is 18.6 Å². The van der Waals surface area contributed by atoms with Crippen LogP contribution in [0.3, 0.4) is 0 Å². The second-order valence-electron chi connectivity index (χ2n) is 3.84. The minimum Gasteiger partial charge on any atom is -0.372 e. The SMILES string of the molecule is CNc1cncc(Sc2ccc(S(C)(=O)=O)cc2)n1. The highest BCUT2D eigenvalue weighted by Crippen LogP contribution is 2.27. The van der Waals surface area contributed by atoms with Crippen molar-refractivity contribution in [1.82, 2.24) is 9.97 Å². The Morgan fingerprint density at radius 2 is 1.84 bits per heavy atom. The summed E-state index contributed by atoms with van der Waals surface area (Å²) in [4.78, 5) is 9.62. The van der Waals surface area contributed by atoms with Gasteiger partial charge in [0.05, 0.1) is 17.3 Å². The third kappa shape index (κ3) is 3.68. The maximum Gasteiger partial charge on any atom is 0.175 e. The van der Waals surface area contributed by atoms with E-state index in [4.69, 9.17) is 0 Å². The zero-order chi connectivity index (χ0) is 13.9. The molecule has 0 radical (unpaired) electrons. The molecule has 0 aliphatic carbocycles. The normalized spacial score (nSPS) is 11.3. The minimum absolute atomic E-state index is 0.312. The Hall–Kier alpha value is -1.60. The Kier molecular flexibility index (Phi) is 4.06. The fraction of sp³-hybridized carbons (Fsp3) is 0.167. The molecule has 1 N–H and O–H groups in total. The van der Waals surface area contributed by atoms with Gasteiger partial charge < -0.3 is 5.32 Å².